The van der Waals surface area contributed by atoms with Crippen LogP contribution in [0.25, 0.3) is 0 Å². The van der Waals surface area contributed by atoms with E-state index >= 15 is 0 Å². The predicted molar refractivity (Wildman–Crippen MR) is 62.7 cm³/mol. The van der Waals surface area contributed by atoms with E-state index in [4.69, 9.17) is 6.42 Å². The fourth-order valence-corrected chi connectivity index (χ4v) is 1.29. The van der Waals surface area contributed by atoms with Gasteiger partial charge < -0.3 is 10.3 Å². The summed E-state index contributed by atoms with van der Waals surface area (Å²) >= 11 is 0. The zero-order valence-electron chi connectivity index (χ0n) is 9.37. The van der Waals surface area contributed by atoms with Gasteiger partial charge in [0.05, 0.1) is 0 Å². The number of hydrogen-bond acceptors (Lipinski definition) is 3. The molecule has 1 amide bonds. The molecule has 1 rings (SSSR count). The summed E-state index contributed by atoms with van der Waals surface area (Å²) in [4.78, 5) is 37.9. The van der Waals surface area contributed by atoms with E-state index in [0.717, 1.165) is 6.07 Å². The van der Waals surface area contributed by atoms with Crippen molar-refractivity contribution in [2.24, 2.45) is 0 Å². The number of terminal acetylenes is 1. The molecule has 1 aromatic rings. The van der Waals surface area contributed by atoms with Gasteiger partial charge in [0.1, 0.15) is 5.69 Å². The Kier molecular flexibility index (Phi) is 4.29. The summed E-state index contributed by atoms with van der Waals surface area (Å²) in [6.45, 7) is 1.88. The molecule has 90 valence electrons. The maximum Gasteiger partial charge on any atom is 0.326 e. The zero-order valence-corrected chi connectivity index (χ0v) is 9.37. The van der Waals surface area contributed by atoms with E-state index in [1.807, 2.05) is 11.9 Å². The van der Waals surface area contributed by atoms with Gasteiger partial charge in [-0.2, -0.15) is 0 Å². The van der Waals surface area contributed by atoms with Gasteiger partial charge in [0.25, 0.3) is 11.5 Å². The first-order valence-corrected chi connectivity index (χ1v) is 5.14. The van der Waals surface area contributed by atoms with Crippen molar-refractivity contribution < 1.29 is 4.79 Å². The minimum atomic E-state index is -0.715. The molecular weight excluding hydrogens is 222 g/mol. The van der Waals surface area contributed by atoms with Crippen LogP contribution in [0.4, 0.5) is 0 Å². The summed E-state index contributed by atoms with van der Waals surface area (Å²) < 4.78 is 0. The van der Waals surface area contributed by atoms with Gasteiger partial charge in [-0.25, -0.2) is 4.79 Å². The molecule has 1 heterocycles. The quantitative estimate of drug-likeness (QED) is 0.619. The monoisotopic (exact) mass is 235 g/mol. The molecule has 3 N–H and O–H groups in total. The Bertz CT molecular complexity index is 522. The molecule has 6 heteroatoms. The van der Waals surface area contributed by atoms with Gasteiger partial charge in [-0.05, 0) is 6.42 Å². The molecule has 0 fully saturated rings. The van der Waals surface area contributed by atoms with Crippen LogP contribution in [0, 0.1) is 12.3 Å². The number of aromatic amines is 2. The van der Waals surface area contributed by atoms with Crippen molar-refractivity contribution in [2.75, 3.05) is 0 Å². The lowest BCUT2D eigenvalue weighted by Crippen LogP contribution is -2.37. The lowest BCUT2D eigenvalue weighted by Gasteiger charge is -2.13. The number of carbonyl (C=O) groups is 1. The average Bonchev–Trinajstić information content (AvgIpc) is 2.27. The molecular formula is C11H13N3O3. The zero-order chi connectivity index (χ0) is 12.8. The van der Waals surface area contributed by atoms with Gasteiger partial charge in [0.2, 0.25) is 0 Å². The molecule has 0 aliphatic heterocycles. The minimum Gasteiger partial charge on any atom is -0.347 e. The normalized spacial score (nSPS) is 11.5. The topological polar surface area (TPSA) is 94.8 Å². The molecule has 1 aromatic heterocycles. The van der Waals surface area contributed by atoms with Crippen molar-refractivity contribution in [1.29, 1.82) is 0 Å². The third kappa shape index (κ3) is 3.65. The number of H-pyrrole nitrogens is 2. The Balaban J connectivity index is 2.86. The maximum atomic E-state index is 11.7. The van der Waals surface area contributed by atoms with Crippen LogP contribution in [-0.4, -0.2) is 21.9 Å². The van der Waals surface area contributed by atoms with Crippen molar-refractivity contribution in [3.05, 3.63) is 32.6 Å². The number of rotatable bonds is 4. The van der Waals surface area contributed by atoms with Gasteiger partial charge >= 0.3 is 5.69 Å². The molecule has 0 bridgehead atoms. The maximum absolute atomic E-state index is 11.7. The smallest absolute Gasteiger partial charge is 0.326 e. The molecule has 0 saturated heterocycles. The Labute approximate surface area is 97.5 Å². The first kappa shape index (κ1) is 12.8. The Hall–Kier alpha value is -2.29. The van der Waals surface area contributed by atoms with E-state index in [1.54, 1.807) is 0 Å². The second-order valence-corrected chi connectivity index (χ2v) is 3.49. The van der Waals surface area contributed by atoms with E-state index in [9.17, 15) is 14.4 Å². The van der Waals surface area contributed by atoms with E-state index in [-0.39, 0.29) is 11.7 Å². The third-order valence-electron chi connectivity index (χ3n) is 2.20. The number of carbonyl (C=O) groups excluding carboxylic acids is 1. The minimum absolute atomic E-state index is 0.0748. The van der Waals surface area contributed by atoms with Gasteiger partial charge in [-0.15, -0.1) is 12.3 Å². The third-order valence-corrected chi connectivity index (χ3v) is 2.20. The molecule has 0 saturated carbocycles. The molecule has 1 atom stereocenters. The van der Waals surface area contributed by atoms with Crippen LogP contribution in [0.5, 0.6) is 0 Å². The SMILES string of the molecule is C#CCC(CC)NC(=O)c1cc(=O)[nH]c(=O)[nH]1. The van der Waals surface area contributed by atoms with Crippen LogP contribution in [-0.2, 0) is 0 Å². The fourth-order valence-electron chi connectivity index (χ4n) is 1.29. The van der Waals surface area contributed by atoms with E-state index in [2.05, 4.69) is 16.2 Å². The summed E-state index contributed by atoms with van der Waals surface area (Å²) in [5.74, 6) is 1.93. The van der Waals surface area contributed by atoms with Crippen molar-refractivity contribution in [3.63, 3.8) is 0 Å². The Morgan fingerprint density at radius 2 is 2.24 bits per heavy atom. The van der Waals surface area contributed by atoms with Gasteiger partial charge in [0, 0.05) is 18.5 Å². The van der Waals surface area contributed by atoms with E-state index in [0.29, 0.717) is 12.8 Å². The highest BCUT2D eigenvalue weighted by Gasteiger charge is 2.12. The van der Waals surface area contributed by atoms with Gasteiger partial charge in [-0.1, -0.05) is 6.92 Å². The summed E-state index contributed by atoms with van der Waals surface area (Å²) in [5, 5.41) is 2.63. The summed E-state index contributed by atoms with van der Waals surface area (Å²) in [7, 11) is 0. The molecule has 0 radical (unpaired) electrons. The van der Waals surface area contributed by atoms with Crippen LogP contribution < -0.4 is 16.6 Å². The Morgan fingerprint density at radius 1 is 1.53 bits per heavy atom. The standard InChI is InChI=1S/C11H13N3O3/c1-3-5-7(4-2)12-10(16)8-6-9(15)14-11(17)13-8/h1,6-7H,4-5H2,2H3,(H,12,16)(H2,13,14,15,17). The highest BCUT2D eigenvalue weighted by molar-refractivity contribution is 5.92. The predicted octanol–water partition coefficient (Wildman–Crippen LogP) is -0.405. The molecule has 0 spiro atoms. The first-order valence-electron chi connectivity index (χ1n) is 5.14. The van der Waals surface area contributed by atoms with Crippen LogP contribution in [0.1, 0.15) is 30.3 Å². The van der Waals surface area contributed by atoms with Crippen molar-refractivity contribution >= 4 is 5.91 Å². The van der Waals surface area contributed by atoms with E-state index < -0.39 is 17.2 Å². The molecule has 0 aliphatic rings. The number of amides is 1. The van der Waals surface area contributed by atoms with E-state index in [1.165, 1.54) is 0 Å². The highest BCUT2D eigenvalue weighted by atomic mass is 16.2. The molecule has 0 aliphatic carbocycles. The first-order chi connectivity index (χ1) is 8.06. The van der Waals surface area contributed by atoms with Gasteiger partial charge in [0.15, 0.2) is 0 Å². The Morgan fingerprint density at radius 3 is 2.76 bits per heavy atom. The van der Waals surface area contributed by atoms with Crippen LogP contribution in [0.2, 0.25) is 0 Å². The molecule has 17 heavy (non-hydrogen) atoms. The van der Waals surface area contributed by atoms with Crippen LogP contribution in [0.3, 0.4) is 0 Å². The highest BCUT2D eigenvalue weighted by Crippen LogP contribution is 1.97. The summed E-state index contributed by atoms with van der Waals surface area (Å²) in [6, 6.07) is 0.856. The van der Waals surface area contributed by atoms with Crippen molar-refractivity contribution in [3.8, 4) is 12.3 Å². The van der Waals surface area contributed by atoms with Crippen molar-refractivity contribution in [2.45, 2.75) is 25.8 Å². The largest absolute Gasteiger partial charge is 0.347 e. The van der Waals surface area contributed by atoms with Crippen LogP contribution >= 0.6 is 0 Å². The van der Waals surface area contributed by atoms with Gasteiger partial charge in [-0.3, -0.25) is 14.6 Å². The second-order valence-electron chi connectivity index (χ2n) is 3.49. The molecule has 6 nitrogen and oxygen atoms in total. The molecule has 0 aromatic carbocycles. The van der Waals surface area contributed by atoms with Crippen molar-refractivity contribution in [1.82, 2.24) is 15.3 Å². The average molecular weight is 235 g/mol. The fraction of sp³-hybridized carbons (Fsp3) is 0.364. The number of hydrogen-bond donors (Lipinski definition) is 3. The number of nitrogens with one attached hydrogen (secondary N) is 3. The lowest BCUT2D eigenvalue weighted by atomic mass is 10.1. The second kappa shape index (κ2) is 5.70. The summed E-state index contributed by atoms with van der Waals surface area (Å²) in [5.41, 5.74) is -1.41. The lowest BCUT2D eigenvalue weighted by molar-refractivity contribution is 0.0931. The molecule has 1 unspecified atom stereocenters. The summed E-state index contributed by atoms with van der Waals surface area (Å²) in [6.07, 6.45) is 6.22. The number of aromatic nitrogens is 2. The van der Waals surface area contributed by atoms with Crippen LogP contribution in [0.15, 0.2) is 15.7 Å².